The van der Waals surface area contributed by atoms with Crippen LogP contribution in [0.2, 0.25) is 10.2 Å². The molecule has 0 radical (unpaired) electrons. The minimum absolute atomic E-state index is 0.471. The summed E-state index contributed by atoms with van der Waals surface area (Å²) in [6, 6.07) is 3.85. The molecule has 0 atom stereocenters. The van der Waals surface area contributed by atoms with Gasteiger partial charge in [0.25, 0.3) is 0 Å². The topological polar surface area (TPSA) is 25.8 Å². The zero-order valence-electron chi connectivity index (χ0n) is 7.67. The van der Waals surface area contributed by atoms with E-state index in [9.17, 15) is 0 Å². The lowest BCUT2D eigenvalue weighted by atomic mass is 10.2. The Bertz CT molecular complexity index is 711. The average Bonchev–Trinajstić information content (AvgIpc) is 2.59. The van der Waals surface area contributed by atoms with Gasteiger partial charge in [0.05, 0.1) is 19.9 Å². The first-order valence-corrected chi connectivity index (χ1v) is 6.71. The maximum atomic E-state index is 6.18. The van der Waals surface area contributed by atoms with E-state index in [1.54, 1.807) is 0 Å². The van der Waals surface area contributed by atoms with Gasteiger partial charge in [0.2, 0.25) is 0 Å². The molecule has 3 rings (SSSR count). The summed E-state index contributed by atoms with van der Waals surface area (Å²) in [7, 11) is 0. The third-order valence-electron chi connectivity index (χ3n) is 2.23. The molecule has 0 saturated carbocycles. The molecule has 6 heteroatoms. The molecule has 80 valence electrons. The summed E-state index contributed by atoms with van der Waals surface area (Å²) in [5.74, 6) is 0. The first-order chi connectivity index (χ1) is 7.66. The molecule has 0 aliphatic heterocycles. The summed E-state index contributed by atoms with van der Waals surface area (Å²) in [5.41, 5.74) is 0.850. The Balaban J connectivity index is 2.61. The second kappa shape index (κ2) is 3.81. The van der Waals surface area contributed by atoms with E-state index in [1.165, 1.54) is 17.7 Å². The van der Waals surface area contributed by atoms with Crippen molar-refractivity contribution in [2.75, 3.05) is 0 Å². The Morgan fingerprint density at radius 3 is 2.75 bits per heavy atom. The number of benzene rings is 1. The predicted molar refractivity (Wildman–Crippen MR) is 72.6 cm³/mol. The van der Waals surface area contributed by atoms with Gasteiger partial charge in [0.15, 0.2) is 0 Å². The standard InChI is InChI=1S/C10H3BrCl2N2S/c11-4-1-5-7-9(10(13)15-3-14-7)16-8(5)6(12)2-4/h1-3H. The van der Waals surface area contributed by atoms with Crippen molar-refractivity contribution in [2.24, 2.45) is 0 Å². The highest BCUT2D eigenvalue weighted by atomic mass is 79.9. The molecule has 2 nitrogen and oxygen atoms in total. The monoisotopic (exact) mass is 332 g/mol. The minimum atomic E-state index is 0.471. The summed E-state index contributed by atoms with van der Waals surface area (Å²) >= 11 is 17.1. The highest BCUT2D eigenvalue weighted by Crippen LogP contribution is 2.40. The van der Waals surface area contributed by atoms with Crippen LogP contribution in [0.15, 0.2) is 22.9 Å². The molecule has 0 saturated heterocycles. The third-order valence-corrected chi connectivity index (χ3v) is 4.73. The van der Waals surface area contributed by atoms with Gasteiger partial charge in [-0.05, 0) is 12.1 Å². The number of fused-ring (bicyclic) bond motifs is 3. The van der Waals surface area contributed by atoms with Gasteiger partial charge < -0.3 is 0 Å². The van der Waals surface area contributed by atoms with Crippen molar-refractivity contribution < 1.29 is 0 Å². The summed E-state index contributed by atoms with van der Waals surface area (Å²) in [6.07, 6.45) is 1.46. The molecule has 0 aliphatic rings. The smallest absolute Gasteiger partial charge is 0.150 e. The fraction of sp³-hybridized carbons (Fsp3) is 0. The Labute approximate surface area is 113 Å². The molecule has 1 aromatic carbocycles. The molecule has 0 aliphatic carbocycles. The van der Waals surface area contributed by atoms with Crippen LogP contribution in [0.5, 0.6) is 0 Å². The number of thiophene rings is 1. The molecule has 3 aromatic rings. The third kappa shape index (κ3) is 1.52. The van der Waals surface area contributed by atoms with Gasteiger partial charge in [-0.3, -0.25) is 0 Å². The van der Waals surface area contributed by atoms with Crippen LogP contribution in [0.3, 0.4) is 0 Å². The van der Waals surface area contributed by atoms with E-state index < -0.39 is 0 Å². The number of hydrogen-bond donors (Lipinski definition) is 0. The predicted octanol–water partition coefficient (Wildman–Crippen LogP) is 4.91. The lowest BCUT2D eigenvalue weighted by Gasteiger charge is -1.95. The Morgan fingerprint density at radius 1 is 1.12 bits per heavy atom. The van der Waals surface area contributed by atoms with Gasteiger partial charge in [0.1, 0.15) is 11.5 Å². The number of nitrogens with zero attached hydrogens (tertiary/aromatic N) is 2. The zero-order valence-corrected chi connectivity index (χ0v) is 11.6. The summed E-state index contributed by atoms with van der Waals surface area (Å²) in [4.78, 5) is 8.21. The SMILES string of the molecule is Clc1cc(Br)cc2c1sc1c(Cl)ncnc12. The zero-order chi connectivity index (χ0) is 11.3. The van der Waals surface area contributed by atoms with Gasteiger partial charge in [-0.2, -0.15) is 0 Å². The van der Waals surface area contributed by atoms with Crippen LogP contribution >= 0.6 is 50.5 Å². The number of halogens is 3. The molecule has 0 spiro atoms. The van der Waals surface area contributed by atoms with Crippen LogP contribution in [0.25, 0.3) is 20.3 Å². The van der Waals surface area contributed by atoms with Crippen molar-refractivity contribution >= 4 is 70.8 Å². The van der Waals surface area contributed by atoms with Crippen LogP contribution in [0.1, 0.15) is 0 Å². The van der Waals surface area contributed by atoms with E-state index in [2.05, 4.69) is 25.9 Å². The van der Waals surface area contributed by atoms with Crippen molar-refractivity contribution in [1.82, 2.24) is 9.97 Å². The molecular weight excluding hydrogens is 331 g/mol. The van der Waals surface area contributed by atoms with Crippen molar-refractivity contribution in [3.8, 4) is 0 Å². The molecular formula is C10H3BrCl2N2S. The van der Waals surface area contributed by atoms with Gasteiger partial charge in [0, 0.05) is 9.86 Å². The number of hydrogen-bond acceptors (Lipinski definition) is 3. The largest absolute Gasteiger partial charge is 0.235 e. The first kappa shape index (κ1) is 10.7. The fourth-order valence-corrected chi connectivity index (χ4v) is 3.77. The van der Waals surface area contributed by atoms with Gasteiger partial charge in [-0.1, -0.05) is 39.1 Å². The molecule has 2 aromatic heterocycles. The summed E-state index contributed by atoms with van der Waals surface area (Å²) in [5, 5.41) is 2.17. The maximum Gasteiger partial charge on any atom is 0.150 e. The maximum absolute atomic E-state index is 6.18. The van der Waals surface area contributed by atoms with E-state index in [4.69, 9.17) is 23.2 Å². The van der Waals surface area contributed by atoms with Crippen LogP contribution in [-0.2, 0) is 0 Å². The molecule has 2 heterocycles. The van der Waals surface area contributed by atoms with Crippen molar-refractivity contribution in [2.45, 2.75) is 0 Å². The summed E-state index contributed by atoms with van der Waals surface area (Å²) < 4.78 is 2.79. The second-order valence-electron chi connectivity index (χ2n) is 3.21. The molecule has 0 N–H and O–H groups in total. The molecule has 0 fully saturated rings. The van der Waals surface area contributed by atoms with Crippen LogP contribution in [0, 0.1) is 0 Å². The highest BCUT2D eigenvalue weighted by Gasteiger charge is 2.12. The Kier molecular flexibility index (Phi) is 2.55. The molecule has 0 unspecified atom stereocenters. The molecule has 0 bridgehead atoms. The lowest BCUT2D eigenvalue weighted by molar-refractivity contribution is 1.23. The Hall–Kier alpha value is -0.420. The minimum Gasteiger partial charge on any atom is -0.235 e. The van der Waals surface area contributed by atoms with Crippen LogP contribution < -0.4 is 0 Å². The first-order valence-electron chi connectivity index (χ1n) is 4.34. The quantitative estimate of drug-likeness (QED) is 0.546. The lowest BCUT2D eigenvalue weighted by Crippen LogP contribution is -1.78. The number of aromatic nitrogens is 2. The van der Waals surface area contributed by atoms with E-state index in [0.29, 0.717) is 10.2 Å². The van der Waals surface area contributed by atoms with Crippen molar-refractivity contribution in [3.63, 3.8) is 0 Å². The van der Waals surface area contributed by atoms with Gasteiger partial charge >= 0.3 is 0 Å². The van der Waals surface area contributed by atoms with E-state index in [-0.39, 0.29) is 0 Å². The van der Waals surface area contributed by atoms with Gasteiger partial charge in [-0.15, -0.1) is 11.3 Å². The normalized spacial score (nSPS) is 11.4. The fourth-order valence-electron chi connectivity index (χ4n) is 1.58. The number of rotatable bonds is 0. The highest BCUT2D eigenvalue weighted by molar-refractivity contribution is 9.10. The van der Waals surface area contributed by atoms with E-state index >= 15 is 0 Å². The van der Waals surface area contributed by atoms with Gasteiger partial charge in [-0.25, -0.2) is 9.97 Å². The van der Waals surface area contributed by atoms with E-state index in [1.807, 2.05) is 12.1 Å². The van der Waals surface area contributed by atoms with Crippen LogP contribution in [0.4, 0.5) is 0 Å². The second-order valence-corrected chi connectivity index (χ2v) is 5.91. The van der Waals surface area contributed by atoms with E-state index in [0.717, 1.165) is 24.8 Å². The molecule has 16 heavy (non-hydrogen) atoms. The average molecular weight is 334 g/mol. The summed E-state index contributed by atoms with van der Waals surface area (Å²) in [6.45, 7) is 0. The van der Waals surface area contributed by atoms with Crippen molar-refractivity contribution in [3.05, 3.63) is 33.1 Å². The molecule has 0 amide bonds. The van der Waals surface area contributed by atoms with Crippen molar-refractivity contribution in [1.29, 1.82) is 0 Å². The van der Waals surface area contributed by atoms with Crippen LogP contribution in [-0.4, -0.2) is 9.97 Å². The Morgan fingerprint density at radius 2 is 1.94 bits per heavy atom.